The zero-order chi connectivity index (χ0) is 17.0. The molecule has 0 spiro atoms. The number of nitrogens with zero attached hydrogens (tertiary/aromatic N) is 3. The number of carbonyl (C=O) groups excluding carboxylic acids is 1. The molecule has 2 aromatic rings. The third-order valence-corrected chi connectivity index (χ3v) is 3.80. The van der Waals surface area contributed by atoms with E-state index in [0.29, 0.717) is 22.4 Å². The molecule has 1 aromatic heterocycles. The van der Waals surface area contributed by atoms with Gasteiger partial charge in [-0.2, -0.15) is 0 Å². The third-order valence-electron chi connectivity index (χ3n) is 3.57. The number of benzene rings is 1. The van der Waals surface area contributed by atoms with Gasteiger partial charge in [-0.05, 0) is 51.5 Å². The highest BCUT2D eigenvalue weighted by Crippen LogP contribution is 2.21. The Balaban J connectivity index is 2.30. The first kappa shape index (κ1) is 17.2. The van der Waals surface area contributed by atoms with Gasteiger partial charge >= 0.3 is 0 Å². The second-order valence-electron chi connectivity index (χ2n) is 5.28. The molecule has 0 bridgehead atoms. The number of halogens is 1. The van der Waals surface area contributed by atoms with Crippen molar-refractivity contribution < 1.29 is 4.79 Å². The van der Waals surface area contributed by atoms with Crippen LogP contribution in [0.5, 0.6) is 0 Å². The van der Waals surface area contributed by atoms with E-state index >= 15 is 0 Å². The van der Waals surface area contributed by atoms with E-state index in [-0.39, 0.29) is 5.91 Å². The van der Waals surface area contributed by atoms with Crippen molar-refractivity contribution >= 4 is 29.1 Å². The molecule has 6 heteroatoms. The fourth-order valence-electron chi connectivity index (χ4n) is 2.23. The van der Waals surface area contributed by atoms with Crippen LogP contribution in [0.4, 0.5) is 11.6 Å². The summed E-state index contributed by atoms with van der Waals surface area (Å²) >= 11 is 5.99. The van der Waals surface area contributed by atoms with Crippen LogP contribution in [-0.4, -0.2) is 29.0 Å². The fraction of sp³-hybridized carbons (Fsp3) is 0.353. The molecule has 0 aliphatic rings. The van der Waals surface area contributed by atoms with Gasteiger partial charge in [0.1, 0.15) is 5.69 Å². The molecular formula is C17H21ClN4O. The highest BCUT2D eigenvalue weighted by molar-refractivity contribution is 6.31. The number of nitrogens with one attached hydrogen (secondary N) is 1. The predicted octanol–water partition coefficient (Wildman–Crippen LogP) is 3.85. The minimum atomic E-state index is -0.269. The Morgan fingerprint density at radius 3 is 2.52 bits per heavy atom. The van der Waals surface area contributed by atoms with Crippen LogP contribution >= 0.6 is 11.6 Å². The van der Waals surface area contributed by atoms with Crippen molar-refractivity contribution in [2.24, 2.45) is 0 Å². The number of aromatic nitrogens is 2. The van der Waals surface area contributed by atoms with Gasteiger partial charge in [-0.15, -0.1) is 0 Å². The first-order valence-electron chi connectivity index (χ1n) is 7.62. The lowest BCUT2D eigenvalue weighted by atomic mass is 10.2. The molecule has 122 valence electrons. The third kappa shape index (κ3) is 4.20. The van der Waals surface area contributed by atoms with Gasteiger partial charge < -0.3 is 10.2 Å². The van der Waals surface area contributed by atoms with Gasteiger partial charge in [0.15, 0.2) is 0 Å². The molecule has 1 amide bonds. The number of anilines is 2. The molecule has 1 aromatic carbocycles. The normalized spacial score (nSPS) is 10.5. The summed E-state index contributed by atoms with van der Waals surface area (Å²) in [6.45, 7) is 9.41. The molecule has 1 N–H and O–H groups in total. The number of aryl methyl sites for hydroxylation is 2. The van der Waals surface area contributed by atoms with E-state index in [1.807, 2.05) is 38.7 Å². The van der Waals surface area contributed by atoms with E-state index in [4.69, 9.17) is 11.6 Å². The number of rotatable bonds is 5. The lowest BCUT2D eigenvalue weighted by Gasteiger charge is -2.19. The second-order valence-corrected chi connectivity index (χ2v) is 5.72. The van der Waals surface area contributed by atoms with Crippen LogP contribution in [0.2, 0.25) is 5.02 Å². The predicted molar refractivity (Wildman–Crippen MR) is 94.5 cm³/mol. The summed E-state index contributed by atoms with van der Waals surface area (Å²) in [6, 6.07) is 7.07. The van der Waals surface area contributed by atoms with Crippen molar-refractivity contribution in [3.8, 4) is 0 Å². The Kier molecular flexibility index (Phi) is 5.55. The van der Waals surface area contributed by atoms with Crippen LogP contribution in [0, 0.1) is 13.8 Å². The summed E-state index contributed by atoms with van der Waals surface area (Å²) in [6.07, 6.45) is 0. The van der Waals surface area contributed by atoms with E-state index < -0.39 is 0 Å². The first-order valence-corrected chi connectivity index (χ1v) is 8.00. The minimum Gasteiger partial charge on any atom is -0.341 e. The highest BCUT2D eigenvalue weighted by atomic mass is 35.5. The van der Waals surface area contributed by atoms with Crippen molar-refractivity contribution in [3.05, 3.63) is 46.2 Å². The zero-order valence-corrected chi connectivity index (χ0v) is 14.6. The summed E-state index contributed by atoms with van der Waals surface area (Å²) in [5.74, 6) is 0.303. The Labute approximate surface area is 141 Å². The van der Waals surface area contributed by atoms with Gasteiger partial charge in [0.2, 0.25) is 5.95 Å². The summed E-state index contributed by atoms with van der Waals surface area (Å²) in [5.41, 5.74) is 2.73. The summed E-state index contributed by atoms with van der Waals surface area (Å²) in [5, 5.41) is 3.44. The smallest absolute Gasteiger partial charge is 0.274 e. The maximum atomic E-state index is 12.5. The second kappa shape index (κ2) is 7.42. The van der Waals surface area contributed by atoms with E-state index in [2.05, 4.69) is 15.3 Å². The monoisotopic (exact) mass is 332 g/mol. The largest absolute Gasteiger partial charge is 0.341 e. The Hall–Kier alpha value is -2.14. The minimum absolute atomic E-state index is 0.269. The van der Waals surface area contributed by atoms with Crippen molar-refractivity contribution in [3.63, 3.8) is 0 Å². The average molecular weight is 333 g/mol. The number of carbonyl (C=O) groups is 1. The average Bonchev–Trinajstić information content (AvgIpc) is 2.51. The van der Waals surface area contributed by atoms with Gasteiger partial charge in [-0.1, -0.05) is 17.7 Å². The van der Waals surface area contributed by atoms with Crippen molar-refractivity contribution in [1.82, 2.24) is 9.97 Å². The molecule has 0 saturated heterocycles. The van der Waals surface area contributed by atoms with E-state index in [1.54, 1.807) is 18.2 Å². The molecule has 23 heavy (non-hydrogen) atoms. The van der Waals surface area contributed by atoms with Crippen molar-refractivity contribution in [2.75, 3.05) is 23.3 Å². The van der Waals surface area contributed by atoms with Crippen molar-refractivity contribution in [1.29, 1.82) is 0 Å². The lowest BCUT2D eigenvalue weighted by molar-refractivity contribution is 0.102. The molecule has 0 saturated carbocycles. The summed E-state index contributed by atoms with van der Waals surface area (Å²) < 4.78 is 0. The van der Waals surface area contributed by atoms with Crippen molar-refractivity contribution in [2.45, 2.75) is 27.7 Å². The van der Waals surface area contributed by atoms with Gasteiger partial charge in [0.25, 0.3) is 5.91 Å². The molecule has 0 fully saturated rings. The topological polar surface area (TPSA) is 58.1 Å². The molecule has 0 unspecified atom stereocenters. The molecule has 0 radical (unpaired) electrons. The SMILES string of the molecule is CCN(CC)c1nc(C)cc(C(=O)Nc2cc(Cl)ccc2C)n1. The quantitative estimate of drug-likeness (QED) is 0.903. The van der Waals surface area contributed by atoms with E-state index in [0.717, 1.165) is 24.3 Å². The Bertz CT molecular complexity index is 714. The van der Waals surface area contributed by atoms with E-state index in [1.165, 1.54) is 0 Å². The molecular weight excluding hydrogens is 312 g/mol. The van der Waals surface area contributed by atoms with Gasteiger partial charge in [-0.25, -0.2) is 9.97 Å². The molecule has 5 nitrogen and oxygen atoms in total. The standard InChI is InChI=1S/C17H21ClN4O/c1-5-22(6-2)17-19-12(4)9-15(21-17)16(23)20-14-10-13(18)8-7-11(14)3/h7-10H,5-6H2,1-4H3,(H,20,23). The molecule has 0 atom stereocenters. The summed E-state index contributed by atoms with van der Waals surface area (Å²) in [4.78, 5) is 23.3. The van der Waals surface area contributed by atoms with Crippen LogP contribution in [0.25, 0.3) is 0 Å². The molecule has 0 aliphatic heterocycles. The van der Waals surface area contributed by atoms with Crippen LogP contribution in [0.3, 0.4) is 0 Å². The van der Waals surface area contributed by atoms with Gasteiger partial charge in [0, 0.05) is 29.5 Å². The maximum Gasteiger partial charge on any atom is 0.274 e. The molecule has 0 aliphatic carbocycles. The van der Waals surface area contributed by atoms with E-state index in [9.17, 15) is 4.79 Å². The number of hydrogen-bond donors (Lipinski definition) is 1. The summed E-state index contributed by atoms with van der Waals surface area (Å²) in [7, 11) is 0. The first-order chi connectivity index (χ1) is 10.9. The van der Waals surface area contributed by atoms with Crippen LogP contribution in [-0.2, 0) is 0 Å². The molecule has 2 rings (SSSR count). The lowest BCUT2D eigenvalue weighted by Crippen LogP contribution is -2.26. The Morgan fingerprint density at radius 2 is 1.87 bits per heavy atom. The van der Waals surface area contributed by atoms with Gasteiger partial charge in [0.05, 0.1) is 0 Å². The molecule has 1 heterocycles. The zero-order valence-electron chi connectivity index (χ0n) is 13.9. The number of amides is 1. The highest BCUT2D eigenvalue weighted by Gasteiger charge is 2.14. The fourth-order valence-corrected chi connectivity index (χ4v) is 2.40. The van der Waals surface area contributed by atoms with Crippen LogP contribution in [0.15, 0.2) is 24.3 Å². The van der Waals surface area contributed by atoms with Gasteiger partial charge in [-0.3, -0.25) is 4.79 Å². The van der Waals surface area contributed by atoms with Crippen LogP contribution in [0.1, 0.15) is 35.6 Å². The Morgan fingerprint density at radius 1 is 1.17 bits per heavy atom. The maximum absolute atomic E-state index is 12.5. The van der Waals surface area contributed by atoms with Crippen LogP contribution < -0.4 is 10.2 Å². The number of hydrogen-bond acceptors (Lipinski definition) is 4.